The van der Waals surface area contributed by atoms with E-state index < -0.39 is 41.3 Å². The Morgan fingerprint density at radius 2 is 1.96 bits per heavy atom. The molecule has 1 N–H and O–H groups in total. The molecule has 27 heavy (non-hydrogen) atoms. The van der Waals surface area contributed by atoms with Gasteiger partial charge in [-0.25, -0.2) is 13.6 Å². The fourth-order valence-electron chi connectivity index (χ4n) is 2.35. The van der Waals surface area contributed by atoms with E-state index in [1.54, 1.807) is 5.32 Å². The molecule has 9 heteroatoms. The topological polar surface area (TPSA) is 51.5 Å². The van der Waals surface area contributed by atoms with Crippen LogP contribution in [0.5, 0.6) is 0 Å². The van der Waals surface area contributed by atoms with Crippen molar-refractivity contribution in [3.05, 3.63) is 72.2 Å². The summed E-state index contributed by atoms with van der Waals surface area (Å²) in [6.07, 6.45) is -2.90. The number of hydrogen-bond donors (Lipinski definition) is 1. The predicted octanol–water partition coefficient (Wildman–Crippen LogP) is 5.60. The second-order valence-corrected chi connectivity index (χ2v) is 5.37. The Labute approximate surface area is 150 Å². The summed E-state index contributed by atoms with van der Waals surface area (Å²) in [4.78, 5) is 11.8. The lowest BCUT2D eigenvalue weighted by Gasteiger charge is -2.20. The van der Waals surface area contributed by atoms with Crippen LogP contribution in [0.4, 0.5) is 26.7 Å². The first kappa shape index (κ1) is 20.2. The van der Waals surface area contributed by atoms with Crippen molar-refractivity contribution in [3.63, 3.8) is 0 Å². The molecule has 1 aromatic carbocycles. The molecule has 1 unspecified atom stereocenters. The molecule has 0 saturated carbocycles. The molecule has 0 spiro atoms. The van der Waals surface area contributed by atoms with Crippen LogP contribution < -0.4 is 5.32 Å². The third kappa shape index (κ3) is 4.36. The smallest absolute Gasteiger partial charge is 0.416 e. The predicted molar refractivity (Wildman–Crippen MR) is 87.8 cm³/mol. The first-order chi connectivity index (χ1) is 12.6. The Kier molecular flexibility index (Phi) is 5.72. The Morgan fingerprint density at radius 3 is 2.52 bits per heavy atom. The van der Waals surface area contributed by atoms with Crippen molar-refractivity contribution in [2.24, 2.45) is 0 Å². The van der Waals surface area contributed by atoms with Gasteiger partial charge in [0.25, 0.3) is 0 Å². The number of aryl methyl sites for hydroxylation is 1. The fourth-order valence-corrected chi connectivity index (χ4v) is 2.35. The van der Waals surface area contributed by atoms with Gasteiger partial charge in [-0.05, 0) is 25.1 Å². The molecule has 0 fully saturated rings. The summed E-state index contributed by atoms with van der Waals surface area (Å²) in [5.74, 6) is -3.06. The molecule has 144 valence electrons. The van der Waals surface area contributed by atoms with Gasteiger partial charge in [-0.15, -0.1) is 0 Å². The number of carbonyl (C=O) groups excluding carboxylic acids is 1. The monoisotopic (exact) mass is 387 g/mol. The highest BCUT2D eigenvalue weighted by atomic mass is 19.4. The maximum atomic E-state index is 13.8. The Bertz CT molecular complexity index is 927. The molecule has 0 aliphatic carbocycles. The second kappa shape index (κ2) is 7.65. The number of fused-ring (bicyclic) bond motifs is 1. The highest BCUT2D eigenvalue weighted by Crippen LogP contribution is 2.39. The third-order valence-corrected chi connectivity index (χ3v) is 3.54. The van der Waals surface area contributed by atoms with Crippen LogP contribution in [0.1, 0.15) is 17.4 Å². The second-order valence-electron chi connectivity index (χ2n) is 5.37. The zero-order valence-electron chi connectivity index (χ0n) is 14.0. The van der Waals surface area contributed by atoms with Crippen molar-refractivity contribution in [1.29, 1.82) is 0 Å². The van der Waals surface area contributed by atoms with E-state index in [1.807, 2.05) is 0 Å². The number of rotatable bonds is 5. The van der Waals surface area contributed by atoms with Crippen molar-refractivity contribution in [2.75, 3.05) is 0 Å². The van der Waals surface area contributed by atoms with Gasteiger partial charge < -0.3 is 14.5 Å². The Hall–Kier alpha value is -3.10. The lowest BCUT2D eigenvalue weighted by Crippen LogP contribution is -2.38. The largest absolute Gasteiger partial charge is 0.455 e. The van der Waals surface area contributed by atoms with Crippen LogP contribution >= 0.6 is 0 Å². The average Bonchev–Trinajstić information content (AvgIpc) is 2.88. The van der Waals surface area contributed by atoms with Crippen LogP contribution in [-0.2, 0) is 4.74 Å². The van der Waals surface area contributed by atoms with Crippen LogP contribution in [0, 0.1) is 18.6 Å². The zero-order chi connectivity index (χ0) is 20.4. The number of ether oxygens (including phenoxy) is 1. The van der Waals surface area contributed by atoms with E-state index in [0.717, 1.165) is 12.1 Å². The molecule has 1 atom stereocenters. The quantitative estimate of drug-likeness (QED) is 0.413. The average molecular weight is 387 g/mol. The van der Waals surface area contributed by atoms with Gasteiger partial charge in [0.2, 0.25) is 0 Å². The minimum atomic E-state index is -5.00. The van der Waals surface area contributed by atoms with E-state index in [4.69, 9.17) is 9.15 Å². The van der Waals surface area contributed by atoms with Gasteiger partial charge in [-0.3, -0.25) is 0 Å². The van der Waals surface area contributed by atoms with Crippen molar-refractivity contribution in [1.82, 2.24) is 5.32 Å². The van der Waals surface area contributed by atoms with Crippen LogP contribution in [-0.4, -0.2) is 12.3 Å². The summed E-state index contributed by atoms with van der Waals surface area (Å²) in [6.45, 7) is 7.89. The van der Waals surface area contributed by atoms with E-state index in [-0.39, 0.29) is 16.7 Å². The SMILES string of the molecule is C=C/C=C(\C=C)OC(=O)NC(c1oc2c(F)cc(F)cc2c1C)C(F)(F)F. The number of amides is 1. The van der Waals surface area contributed by atoms with Gasteiger partial charge in [0.05, 0.1) is 0 Å². The number of benzene rings is 1. The van der Waals surface area contributed by atoms with Gasteiger partial charge in [0.1, 0.15) is 17.3 Å². The van der Waals surface area contributed by atoms with E-state index in [0.29, 0.717) is 6.07 Å². The van der Waals surface area contributed by atoms with Gasteiger partial charge in [0, 0.05) is 17.0 Å². The number of furan rings is 1. The van der Waals surface area contributed by atoms with Gasteiger partial charge in [-0.2, -0.15) is 13.2 Å². The molecule has 2 rings (SSSR count). The standard InChI is InChI=1S/C18H14F5NO3/c1-4-6-11(5-2)26-17(25)24-16(18(21,22)23)14-9(3)12-7-10(19)8-13(20)15(12)27-14/h4-8,16H,1-2H2,3H3,(H,24,25)/b11-6+. The van der Waals surface area contributed by atoms with Crippen LogP contribution in [0.25, 0.3) is 11.0 Å². The summed E-state index contributed by atoms with van der Waals surface area (Å²) in [5, 5.41) is 1.44. The van der Waals surface area contributed by atoms with Crippen LogP contribution in [0.3, 0.4) is 0 Å². The van der Waals surface area contributed by atoms with E-state index in [9.17, 15) is 26.7 Å². The van der Waals surface area contributed by atoms with Gasteiger partial charge in [-0.1, -0.05) is 19.2 Å². The Balaban J connectivity index is 2.45. The van der Waals surface area contributed by atoms with E-state index in [2.05, 4.69) is 13.2 Å². The molecule has 0 radical (unpaired) electrons. The molecule has 0 saturated heterocycles. The van der Waals surface area contributed by atoms with Crippen molar-refractivity contribution < 1.29 is 35.9 Å². The highest BCUT2D eigenvalue weighted by Gasteiger charge is 2.46. The zero-order valence-corrected chi connectivity index (χ0v) is 14.0. The first-order valence-corrected chi connectivity index (χ1v) is 7.46. The van der Waals surface area contributed by atoms with Crippen molar-refractivity contribution in [3.8, 4) is 0 Å². The summed E-state index contributed by atoms with van der Waals surface area (Å²) in [6, 6.07) is -1.32. The molecule has 0 bridgehead atoms. The number of carbonyl (C=O) groups is 1. The number of halogens is 5. The lowest BCUT2D eigenvalue weighted by molar-refractivity contribution is -0.159. The van der Waals surface area contributed by atoms with E-state index in [1.165, 1.54) is 19.1 Å². The summed E-state index contributed by atoms with van der Waals surface area (Å²) >= 11 is 0. The molecular formula is C18H14F5NO3. The van der Waals surface area contributed by atoms with E-state index >= 15 is 0 Å². The molecule has 1 aromatic heterocycles. The third-order valence-electron chi connectivity index (χ3n) is 3.54. The fraction of sp³-hybridized carbons (Fsp3) is 0.167. The molecule has 2 aromatic rings. The first-order valence-electron chi connectivity index (χ1n) is 7.46. The maximum Gasteiger partial charge on any atom is 0.416 e. The van der Waals surface area contributed by atoms with Crippen LogP contribution in [0.15, 0.2) is 53.7 Å². The molecule has 4 nitrogen and oxygen atoms in total. The number of alkyl halides is 3. The number of allylic oxidation sites excluding steroid dienone is 3. The minimum Gasteiger partial charge on any atom is -0.455 e. The van der Waals surface area contributed by atoms with Crippen molar-refractivity contribution >= 4 is 17.1 Å². The maximum absolute atomic E-state index is 13.8. The van der Waals surface area contributed by atoms with Gasteiger partial charge >= 0.3 is 12.3 Å². The minimum absolute atomic E-state index is 0.141. The normalized spacial score (nSPS) is 13.3. The summed E-state index contributed by atoms with van der Waals surface area (Å²) in [5.41, 5.74) is -0.719. The molecule has 1 heterocycles. The van der Waals surface area contributed by atoms with Crippen LogP contribution in [0.2, 0.25) is 0 Å². The Morgan fingerprint density at radius 1 is 1.30 bits per heavy atom. The molecule has 0 aliphatic heterocycles. The van der Waals surface area contributed by atoms with Crippen molar-refractivity contribution in [2.45, 2.75) is 19.1 Å². The summed E-state index contributed by atoms with van der Waals surface area (Å²) in [7, 11) is 0. The molecule has 0 aliphatic rings. The molecular weight excluding hydrogens is 373 g/mol. The van der Waals surface area contributed by atoms with Gasteiger partial charge in [0.15, 0.2) is 17.4 Å². The molecule has 1 amide bonds. The summed E-state index contributed by atoms with van der Waals surface area (Å²) < 4.78 is 77.3. The highest BCUT2D eigenvalue weighted by molar-refractivity contribution is 5.83. The number of nitrogens with one attached hydrogen (secondary N) is 1. The number of alkyl carbamates (subject to hydrolysis) is 1. The lowest BCUT2D eigenvalue weighted by atomic mass is 10.1. The number of hydrogen-bond acceptors (Lipinski definition) is 3.